The number of carbonyl (C=O) groups excluding carboxylic acids is 1. The highest BCUT2D eigenvalue weighted by Crippen LogP contribution is 2.23. The van der Waals surface area contributed by atoms with Crippen molar-refractivity contribution in [3.8, 4) is 0 Å². The quantitative estimate of drug-likeness (QED) is 0.320. The van der Waals surface area contributed by atoms with Crippen LogP contribution in [0.1, 0.15) is 19.8 Å². The minimum absolute atomic E-state index is 0.0497. The molecule has 5 nitrogen and oxygen atoms in total. The second-order valence-corrected chi connectivity index (χ2v) is 8.29. The molecule has 1 aliphatic carbocycles. The molecule has 0 aromatic heterocycles. The molecule has 2 rings (SSSR count). The first-order valence-corrected chi connectivity index (χ1v) is 11.5. The predicted octanol–water partition coefficient (Wildman–Crippen LogP) is 3.58. The van der Waals surface area contributed by atoms with Gasteiger partial charge in [-0.2, -0.15) is 30.0 Å². The number of amides is 1. The number of hydrogen-bond acceptors (Lipinski definition) is 5. The van der Waals surface area contributed by atoms with Gasteiger partial charge in [0.05, 0.1) is 18.0 Å². The summed E-state index contributed by atoms with van der Waals surface area (Å²) in [7, 11) is 0. The van der Waals surface area contributed by atoms with E-state index in [9.17, 15) is 18.0 Å². The number of carbonyl (C=O) groups is 1. The lowest BCUT2D eigenvalue weighted by atomic mass is 10.1. The van der Waals surface area contributed by atoms with Crippen LogP contribution in [0.4, 0.5) is 13.2 Å². The molecule has 0 N–H and O–H groups in total. The Morgan fingerprint density at radius 2 is 2.03 bits per heavy atom. The van der Waals surface area contributed by atoms with Crippen LogP contribution < -0.4 is 0 Å². The van der Waals surface area contributed by atoms with Gasteiger partial charge >= 0.3 is 6.18 Å². The number of hydrazone groups is 1. The van der Waals surface area contributed by atoms with E-state index < -0.39 is 12.6 Å². The molecule has 0 spiro atoms. The van der Waals surface area contributed by atoms with E-state index in [0.29, 0.717) is 24.9 Å². The number of halogens is 4. The van der Waals surface area contributed by atoms with Gasteiger partial charge in [-0.25, -0.2) is 0 Å². The third-order valence-electron chi connectivity index (χ3n) is 4.84. The molecule has 1 amide bonds. The highest BCUT2D eigenvalue weighted by molar-refractivity contribution is 7.99. The monoisotopic (exact) mass is 452 g/mol. The van der Waals surface area contributed by atoms with Crippen LogP contribution >= 0.6 is 23.4 Å². The molecular formula is C19H28ClF3N4OS. The Hall–Kier alpha value is -1.35. The van der Waals surface area contributed by atoms with Gasteiger partial charge in [-0.05, 0) is 31.8 Å². The van der Waals surface area contributed by atoms with Gasteiger partial charge in [0.25, 0.3) is 0 Å². The zero-order chi connectivity index (χ0) is 21.4. The molecule has 0 radical (unpaired) electrons. The van der Waals surface area contributed by atoms with Crippen LogP contribution in [0.3, 0.4) is 0 Å². The summed E-state index contributed by atoms with van der Waals surface area (Å²) in [5.74, 6) is -0.450. The van der Waals surface area contributed by atoms with Crippen molar-refractivity contribution in [1.82, 2.24) is 14.8 Å². The van der Waals surface area contributed by atoms with Crippen molar-refractivity contribution in [2.75, 3.05) is 51.4 Å². The van der Waals surface area contributed by atoms with E-state index in [1.54, 1.807) is 11.8 Å². The molecule has 2 aliphatic rings. The van der Waals surface area contributed by atoms with Gasteiger partial charge in [0.2, 0.25) is 5.91 Å². The van der Waals surface area contributed by atoms with Crippen LogP contribution in [0, 0.1) is 0 Å². The predicted molar refractivity (Wildman–Crippen MR) is 113 cm³/mol. The van der Waals surface area contributed by atoms with E-state index in [-0.39, 0.29) is 24.0 Å². The first-order valence-electron chi connectivity index (χ1n) is 9.63. The van der Waals surface area contributed by atoms with Crippen molar-refractivity contribution in [3.63, 3.8) is 0 Å². The van der Waals surface area contributed by atoms with Crippen molar-refractivity contribution in [2.24, 2.45) is 5.10 Å². The summed E-state index contributed by atoms with van der Waals surface area (Å²) in [4.78, 5) is 16.6. The summed E-state index contributed by atoms with van der Waals surface area (Å²) >= 11 is 7.42. The summed E-state index contributed by atoms with van der Waals surface area (Å²) in [5, 5.41) is 5.80. The van der Waals surface area contributed by atoms with Crippen LogP contribution in [-0.4, -0.2) is 89.3 Å². The Kier molecular flexibility index (Phi) is 9.20. The molecule has 1 unspecified atom stereocenters. The summed E-state index contributed by atoms with van der Waals surface area (Å²) in [6, 6.07) is 0. The molecule has 0 aromatic carbocycles. The van der Waals surface area contributed by atoms with Gasteiger partial charge in [0.15, 0.2) is 0 Å². The van der Waals surface area contributed by atoms with Crippen molar-refractivity contribution < 1.29 is 18.0 Å². The molecule has 0 saturated carbocycles. The lowest BCUT2D eigenvalue weighted by molar-refractivity contribution is -0.133. The van der Waals surface area contributed by atoms with E-state index >= 15 is 0 Å². The molecule has 1 atom stereocenters. The normalized spacial score (nSPS) is 20.7. The average molecular weight is 453 g/mol. The topological polar surface area (TPSA) is 39.2 Å². The number of alkyl halides is 4. The molecule has 1 aliphatic heterocycles. The average Bonchev–Trinajstić information content (AvgIpc) is 2.71. The Labute approximate surface area is 179 Å². The number of thioether (sulfide) groups is 1. The number of likely N-dealkylation sites (N-methyl/N-ethyl adjacent to an activating group) is 1. The molecule has 1 saturated heterocycles. The van der Waals surface area contributed by atoms with Crippen LogP contribution in [0.2, 0.25) is 0 Å². The number of nitrogens with zero attached hydrogens (tertiary/aromatic N) is 4. The fourth-order valence-corrected chi connectivity index (χ4v) is 3.97. The van der Waals surface area contributed by atoms with Gasteiger partial charge in [-0.3, -0.25) is 9.80 Å². The summed E-state index contributed by atoms with van der Waals surface area (Å²) in [6.07, 6.45) is 4.18. The number of allylic oxidation sites excluding steroid dienone is 2. The number of hydrogen-bond donors (Lipinski definition) is 0. The zero-order valence-electron chi connectivity index (χ0n) is 16.8. The lowest BCUT2D eigenvalue weighted by Crippen LogP contribution is -2.50. The molecule has 1 heterocycles. The molecular weight excluding hydrogens is 425 g/mol. The van der Waals surface area contributed by atoms with Gasteiger partial charge in [-0.15, -0.1) is 11.6 Å². The largest absolute Gasteiger partial charge is 0.394 e. The van der Waals surface area contributed by atoms with Crippen LogP contribution in [0.15, 0.2) is 29.0 Å². The van der Waals surface area contributed by atoms with Crippen LogP contribution in [0.5, 0.6) is 0 Å². The van der Waals surface area contributed by atoms with E-state index in [4.69, 9.17) is 11.6 Å². The zero-order valence-corrected chi connectivity index (χ0v) is 18.4. The lowest BCUT2D eigenvalue weighted by Gasteiger charge is -2.38. The summed E-state index contributed by atoms with van der Waals surface area (Å²) < 4.78 is 37.8. The Morgan fingerprint density at radius 3 is 2.59 bits per heavy atom. The highest BCUT2D eigenvalue weighted by Gasteiger charge is 2.30. The van der Waals surface area contributed by atoms with Crippen molar-refractivity contribution in [2.45, 2.75) is 31.2 Å². The summed E-state index contributed by atoms with van der Waals surface area (Å²) in [5.41, 5.74) is 1.01. The number of rotatable bonds is 8. The molecule has 164 valence electrons. The fourth-order valence-electron chi connectivity index (χ4n) is 3.24. The van der Waals surface area contributed by atoms with E-state index in [0.717, 1.165) is 19.5 Å². The number of piperazine rings is 1. The van der Waals surface area contributed by atoms with Crippen molar-refractivity contribution in [1.29, 1.82) is 0 Å². The minimum atomic E-state index is -4.37. The maximum atomic E-state index is 12.6. The third kappa shape index (κ3) is 7.77. The first kappa shape index (κ1) is 23.9. The van der Waals surface area contributed by atoms with Crippen LogP contribution in [0.25, 0.3) is 0 Å². The fraction of sp³-hybridized carbons (Fsp3) is 0.684. The molecule has 29 heavy (non-hydrogen) atoms. The van der Waals surface area contributed by atoms with E-state index in [2.05, 4.69) is 34.5 Å². The molecule has 10 heteroatoms. The Balaban J connectivity index is 1.89. The third-order valence-corrected chi connectivity index (χ3v) is 6.08. The standard InChI is InChI=1S/C19H28ClF3N4OS/c1-3-27(24-15(13-20)12-19(21,22)23)14-18(28)26-9-7-25(8-10-26)16-5-4-6-17(11-16)29-2/h4-5,11,17H,3,6-10,12-14H2,1-2H3/b24-15-. The molecule has 0 aromatic rings. The van der Waals surface area contributed by atoms with Gasteiger partial charge < -0.3 is 9.80 Å². The summed E-state index contributed by atoms with van der Waals surface area (Å²) in [6.45, 7) is 4.67. The second-order valence-electron chi connectivity index (χ2n) is 6.94. The maximum Gasteiger partial charge on any atom is 0.394 e. The van der Waals surface area contributed by atoms with Gasteiger partial charge in [-0.1, -0.05) is 6.08 Å². The van der Waals surface area contributed by atoms with Crippen molar-refractivity contribution in [3.05, 3.63) is 23.9 Å². The Bertz CT molecular complexity index is 646. The SMILES string of the molecule is CCN(CC(=O)N1CCN(C2=CC(SC)CC=C2)CC1)/N=C(\CCl)CC(F)(F)F. The van der Waals surface area contributed by atoms with Crippen LogP contribution in [-0.2, 0) is 4.79 Å². The Morgan fingerprint density at radius 1 is 1.34 bits per heavy atom. The first-order chi connectivity index (χ1) is 13.8. The highest BCUT2D eigenvalue weighted by atomic mass is 35.5. The molecule has 1 fully saturated rings. The van der Waals surface area contributed by atoms with Crippen molar-refractivity contribution >= 4 is 35.0 Å². The molecule has 0 bridgehead atoms. The second kappa shape index (κ2) is 11.2. The minimum Gasteiger partial charge on any atom is -0.368 e. The van der Waals surface area contributed by atoms with E-state index in [1.807, 2.05) is 11.8 Å². The maximum absolute atomic E-state index is 12.6. The van der Waals surface area contributed by atoms with Gasteiger partial charge in [0, 0.05) is 43.7 Å². The van der Waals surface area contributed by atoms with Gasteiger partial charge in [0.1, 0.15) is 6.54 Å². The van der Waals surface area contributed by atoms with E-state index in [1.165, 1.54) is 10.7 Å². The smallest absolute Gasteiger partial charge is 0.368 e.